The molecule has 0 radical (unpaired) electrons. The van der Waals surface area contributed by atoms with Gasteiger partial charge in [0, 0.05) is 0 Å². The first kappa shape index (κ1) is 17.5. The van der Waals surface area contributed by atoms with E-state index in [0.717, 1.165) is 24.8 Å². The molecule has 0 aromatic heterocycles. The molecule has 0 aliphatic heterocycles. The molecule has 1 N–H and O–H groups in total. The number of hydrogen-bond donors (Lipinski definition) is 1. The van der Waals surface area contributed by atoms with Crippen LogP contribution in [0.1, 0.15) is 50.7 Å². The van der Waals surface area contributed by atoms with Gasteiger partial charge in [-0.1, -0.05) is 32.8 Å². The summed E-state index contributed by atoms with van der Waals surface area (Å²) in [5.41, 5.74) is 1.40. The van der Waals surface area contributed by atoms with Gasteiger partial charge in [-0.25, -0.2) is 4.39 Å². The molecule has 0 saturated carbocycles. The Labute approximate surface area is 126 Å². The Morgan fingerprint density at radius 3 is 2.57 bits per heavy atom. The van der Waals surface area contributed by atoms with Crippen molar-refractivity contribution in [2.75, 3.05) is 7.11 Å². The van der Waals surface area contributed by atoms with Gasteiger partial charge in [-0.2, -0.15) is 0 Å². The van der Waals surface area contributed by atoms with Crippen LogP contribution in [-0.4, -0.2) is 18.2 Å². The third-order valence-electron chi connectivity index (χ3n) is 3.86. The summed E-state index contributed by atoms with van der Waals surface area (Å²) >= 11 is 0. The van der Waals surface area contributed by atoms with Crippen molar-refractivity contribution in [2.45, 2.75) is 52.4 Å². The number of carboxylic acids is 1. The van der Waals surface area contributed by atoms with Crippen molar-refractivity contribution in [2.24, 2.45) is 5.92 Å². The second-order valence-corrected chi connectivity index (χ2v) is 5.32. The van der Waals surface area contributed by atoms with Gasteiger partial charge < -0.3 is 9.84 Å². The van der Waals surface area contributed by atoms with E-state index in [0.29, 0.717) is 24.8 Å². The number of hydrogen-bond acceptors (Lipinski definition) is 2. The fourth-order valence-corrected chi connectivity index (χ4v) is 2.48. The number of unbranched alkanes of at least 4 members (excludes halogenated alkanes) is 2. The van der Waals surface area contributed by atoms with Crippen molar-refractivity contribution in [1.29, 1.82) is 0 Å². The minimum Gasteiger partial charge on any atom is -0.494 e. The van der Waals surface area contributed by atoms with E-state index in [4.69, 9.17) is 4.74 Å². The first-order valence-corrected chi connectivity index (χ1v) is 7.62. The van der Waals surface area contributed by atoms with Crippen LogP contribution >= 0.6 is 0 Å². The van der Waals surface area contributed by atoms with Crippen LogP contribution in [0.4, 0.5) is 4.39 Å². The van der Waals surface area contributed by atoms with Crippen LogP contribution in [0, 0.1) is 11.7 Å². The lowest BCUT2D eigenvalue weighted by molar-refractivity contribution is -0.141. The minimum absolute atomic E-state index is 0.230. The first-order valence-electron chi connectivity index (χ1n) is 7.62. The smallest absolute Gasteiger partial charge is 0.306 e. The number of ether oxygens (including phenoxy) is 1. The number of aliphatic carboxylic acids is 1. The Bertz CT molecular complexity index is 471. The van der Waals surface area contributed by atoms with E-state index in [2.05, 4.69) is 6.92 Å². The van der Waals surface area contributed by atoms with Crippen LogP contribution in [0.15, 0.2) is 12.1 Å². The fourth-order valence-electron chi connectivity index (χ4n) is 2.48. The summed E-state index contributed by atoms with van der Waals surface area (Å²) in [5, 5.41) is 9.19. The molecule has 0 amide bonds. The van der Waals surface area contributed by atoms with Gasteiger partial charge in [0.25, 0.3) is 0 Å². The summed E-state index contributed by atoms with van der Waals surface area (Å²) in [5.74, 6) is -1.41. The average Bonchev–Trinajstić information content (AvgIpc) is 2.47. The lowest BCUT2D eigenvalue weighted by atomic mass is 9.91. The Balaban J connectivity index is 3.05. The number of methoxy groups -OCH3 is 1. The second-order valence-electron chi connectivity index (χ2n) is 5.32. The predicted molar refractivity (Wildman–Crippen MR) is 81.3 cm³/mol. The zero-order valence-electron chi connectivity index (χ0n) is 13.1. The third-order valence-corrected chi connectivity index (χ3v) is 3.86. The summed E-state index contributed by atoms with van der Waals surface area (Å²) in [6.07, 6.45) is 4.53. The molecule has 3 nitrogen and oxygen atoms in total. The molecule has 1 rings (SSSR count). The van der Waals surface area contributed by atoms with Crippen molar-refractivity contribution in [3.05, 3.63) is 29.1 Å². The summed E-state index contributed by atoms with van der Waals surface area (Å²) in [6.45, 7) is 3.94. The van der Waals surface area contributed by atoms with Crippen LogP contribution < -0.4 is 4.74 Å². The van der Waals surface area contributed by atoms with E-state index in [1.54, 1.807) is 12.1 Å². The highest BCUT2D eigenvalue weighted by atomic mass is 19.1. The molecule has 21 heavy (non-hydrogen) atoms. The molecule has 1 atom stereocenters. The highest BCUT2D eigenvalue weighted by molar-refractivity contribution is 5.70. The molecule has 1 unspecified atom stereocenters. The zero-order valence-corrected chi connectivity index (χ0v) is 13.1. The fraction of sp³-hybridized carbons (Fsp3) is 0.588. The number of carboxylic acid groups (broad SMARTS) is 1. The Kier molecular flexibility index (Phi) is 7.20. The van der Waals surface area contributed by atoms with Gasteiger partial charge in [-0.3, -0.25) is 4.79 Å². The topological polar surface area (TPSA) is 46.5 Å². The van der Waals surface area contributed by atoms with Gasteiger partial charge in [0.1, 0.15) is 0 Å². The van der Waals surface area contributed by atoms with Crippen molar-refractivity contribution < 1.29 is 19.0 Å². The number of rotatable bonds is 9. The Morgan fingerprint density at radius 1 is 1.33 bits per heavy atom. The second kappa shape index (κ2) is 8.65. The van der Waals surface area contributed by atoms with Crippen LogP contribution in [0.5, 0.6) is 5.75 Å². The zero-order chi connectivity index (χ0) is 15.8. The molecule has 0 aliphatic rings. The quantitative estimate of drug-likeness (QED) is 0.694. The van der Waals surface area contributed by atoms with Gasteiger partial charge in [0.2, 0.25) is 0 Å². The molecule has 0 bridgehead atoms. The van der Waals surface area contributed by atoms with Crippen LogP contribution in [0.3, 0.4) is 0 Å². The molecule has 4 heteroatoms. The van der Waals surface area contributed by atoms with E-state index in [9.17, 15) is 14.3 Å². The molecule has 0 fully saturated rings. The first-order chi connectivity index (χ1) is 10.0. The summed E-state index contributed by atoms with van der Waals surface area (Å²) in [4.78, 5) is 11.2. The van der Waals surface area contributed by atoms with Gasteiger partial charge in [-0.15, -0.1) is 0 Å². The summed E-state index contributed by atoms with van der Waals surface area (Å²) < 4.78 is 19.5. The lowest BCUT2D eigenvalue weighted by Crippen LogP contribution is -2.17. The van der Waals surface area contributed by atoms with Gasteiger partial charge in [0.05, 0.1) is 13.0 Å². The number of benzene rings is 1. The van der Waals surface area contributed by atoms with E-state index in [-0.39, 0.29) is 11.6 Å². The highest BCUT2D eigenvalue weighted by Crippen LogP contribution is 2.28. The molecule has 0 saturated heterocycles. The van der Waals surface area contributed by atoms with E-state index in [1.807, 2.05) is 6.92 Å². The van der Waals surface area contributed by atoms with Crippen molar-refractivity contribution in [3.63, 3.8) is 0 Å². The Hall–Kier alpha value is -1.58. The standard InChI is InChI=1S/C17H25FO3/c1-4-6-7-8-14-13(11-12(5-2)17(19)20)9-10-15(21-3)16(14)18/h9-10,12H,4-8,11H2,1-3H3,(H,19,20). The SMILES string of the molecule is CCCCCc1c(CC(CC)C(=O)O)ccc(OC)c1F. The van der Waals surface area contributed by atoms with Gasteiger partial charge in [-0.05, 0) is 42.9 Å². The van der Waals surface area contributed by atoms with E-state index in [1.165, 1.54) is 7.11 Å². The van der Waals surface area contributed by atoms with E-state index < -0.39 is 11.9 Å². The maximum atomic E-state index is 14.4. The molecule has 0 spiro atoms. The number of halogens is 1. The maximum absolute atomic E-state index is 14.4. The van der Waals surface area contributed by atoms with Crippen LogP contribution in [0.25, 0.3) is 0 Å². The molecule has 1 aromatic rings. The Morgan fingerprint density at radius 2 is 2.05 bits per heavy atom. The van der Waals surface area contributed by atoms with Crippen molar-refractivity contribution in [3.8, 4) is 5.75 Å². The predicted octanol–water partition coefficient (Wildman–Crippen LogP) is 4.22. The molecular formula is C17H25FO3. The lowest BCUT2D eigenvalue weighted by Gasteiger charge is -2.16. The van der Waals surface area contributed by atoms with Crippen LogP contribution in [-0.2, 0) is 17.6 Å². The molecular weight excluding hydrogens is 271 g/mol. The molecule has 0 heterocycles. The van der Waals surface area contributed by atoms with Gasteiger partial charge >= 0.3 is 5.97 Å². The monoisotopic (exact) mass is 296 g/mol. The van der Waals surface area contributed by atoms with Gasteiger partial charge in [0.15, 0.2) is 11.6 Å². The molecule has 0 aliphatic carbocycles. The normalized spacial score (nSPS) is 12.2. The highest BCUT2D eigenvalue weighted by Gasteiger charge is 2.20. The van der Waals surface area contributed by atoms with Crippen molar-refractivity contribution in [1.82, 2.24) is 0 Å². The van der Waals surface area contributed by atoms with Crippen LogP contribution in [0.2, 0.25) is 0 Å². The van der Waals surface area contributed by atoms with E-state index >= 15 is 0 Å². The third kappa shape index (κ3) is 4.73. The number of carbonyl (C=O) groups is 1. The van der Waals surface area contributed by atoms with Crippen molar-refractivity contribution >= 4 is 5.97 Å². The summed E-state index contributed by atoms with van der Waals surface area (Å²) in [6, 6.07) is 3.39. The minimum atomic E-state index is -0.826. The maximum Gasteiger partial charge on any atom is 0.306 e. The molecule has 1 aromatic carbocycles. The largest absolute Gasteiger partial charge is 0.494 e. The average molecular weight is 296 g/mol. The molecule has 118 valence electrons. The summed E-state index contributed by atoms with van der Waals surface area (Å²) in [7, 11) is 1.44.